The molecule has 20 heavy (non-hydrogen) atoms. The minimum absolute atomic E-state index is 0.0977. The highest BCUT2D eigenvalue weighted by molar-refractivity contribution is 8.14. The SMILES string of the molecule is CC(=O)SC1CC(=O)N(CCN2C[C@@H](C)O[C@@H](C)C2)C1. The van der Waals surface area contributed by atoms with Gasteiger partial charge < -0.3 is 9.64 Å². The Kier molecular flexibility index (Phi) is 5.46. The average molecular weight is 300 g/mol. The van der Waals surface area contributed by atoms with E-state index < -0.39 is 0 Å². The van der Waals surface area contributed by atoms with Crippen molar-refractivity contribution in [3.05, 3.63) is 0 Å². The van der Waals surface area contributed by atoms with Crippen LogP contribution in [0.1, 0.15) is 27.2 Å². The number of thioether (sulfide) groups is 1. The molecule has 0 radical (unpaired) electrons. The third kappa shape index (κ3) is 4.46. The summed E-state index contributed by atoms with van der Waals surface area (Å²) in [7, 11) is 0. The van der Waals surface area contributed by atoms with Gasteiger partial charge in [0.05, 0.1) is 12.2 Å². The lowest BCUT2D eigenvalue weighted by Crippen LogP contribution is -2.48. The van der Waals surface area contributed by atoms with Crippen molar-refractivity contribution < 1.29 is 14.3 Å². The maximum absolute atomic E-state index is 11.9. The maximum Gasteiger partial charge on any atom is 0.223 e. The monoisotopic (exact) mass is 300 g/mol. The van der Waals surface area contributed by atoms with E-state index in [0.717, 1.165) is 26.2 Å². The Morgan fingerprint density at radius 2 is 1.90 bits per heavy atom. The van der Waals surface area contributed by atoms with Crippen molar-refractivity contribution >= 4 is 22.8 Å². The van der Waals surface area contributed by atoms with E-state index in [0.29, 0.717) is 13.0 Å². The van der Waals surface area contributed by atoms with Gasteiger partial charge in [-0.1, -0.05) is 11.8 Å². The van der Waals surface area contributed by atoms with E-state index in [2.05, 4.69) is 18.7 Å². The Bertz CT molecular complexity index is 367. The molecular formula is C14H24N2O3S. The number of likely N-dealkylation sites (tertiary alicyclic amines) is 1. The van der Waals surface area contributed by atoms with Crippen molar-refractivity contribution in [3.63, 3.8) is 0 Å². The molecule has 0 N–H and O–H groups in total. The lowest BCUT2D eigenvalue weighted by Gasteiger charge is -2.36. The smallest absolute Gasteiger partial charge is 0.223 e. The maximum atomic E-state index is 11.9. The number of carbonyl (C=O) groups excluding carboxylic acids is 2. The summed E-state index contributed by atoms with van der Waals surface area (Å²) in [5.74, 6) is 0.179. The summed E-state index contributed by atoms with van der Waals surface area (Å²) in [5.41, 5.74) is 0. The fourth-order valence-corrected chi connectivity index (χ4v) is 3.94. The van der Waals surface area contributed by atoms with Crippen LogP contribution in [0.25, 0.3) is 0 Å². The molecule has 2 fully saturated rings. The molecule has 0 saturated carbocycles. The summed E-state index contributed by atoms with van der Waals surface area (Å²) in [6, 6.07) is 0. The fraction of sp³-hybridized carbons (Fsp3) is 0.857. The van der Waals surface area contributed by atoms with E-state index in [1.54, 1.807) is 6.92 Å². The summed E-state index contributed by atoms with van der Waals surface area (Å²) in [4.78, 5) is 27.3. The zero-order chi connectivity index (χ0) is 14.7. The van der Waals surface area contributed by atoms with Crippen molar-refractivity contribution in [2.45, 2.75) is 44.6 Å². The van der Waals surface area contributed by atoms with Gasteiger partial charge in [0, 0.05) is 51.3 Å². The highest BCUT2D eigenvalue weighted by atomic mass is 32.2. The standard InChI is InChI=1S/C14H24N2O3S/c1-10-7-15(8-11(2)19-10)4-5-16-9-13(6-14(16)18)20-12(3)17/h10-11,13H,4-9H2,1-3H3/t10-,11+,13?. The Hall–Kier alpha value is -0.590. The van der Waals surface area contributed by atoms with Gasteiger partial charge in [0.2, 0.25) is 5.91 Å². The van der Waals surface area contributed by atoms with E-state index >= 15 is 0 Å². The lowest BCUT2D eigenvalue weighted by atomic mass is 10.2. The normalized spacial score (nSPS) is 31.9. The predicted molar refractivity (Wildman–Crippen MR) is 79.7 cm³/mol. The van der Waals surface area contributed by atoms with Crippen LogP contribution in [0.3, 0.4) is 0 Å². The Morgan fingerprint density at radius 1 is 1.25 bits per heavy atom. The predicted octanol–water partition coefficient (Wildman–Crippen LogP) is 0.976. The molecule has 2 aliphatic heterocycles. The highest BCUT2D eigenvalue weighted by Gasteiger charge is 2.31. The topological polar surface area (TPSA) is 49.9 Å². The van der Waals surface area contributed by atoms with Crippen LogP contribution in [0.2, 0.25) is 0 Å². The molecule has 5 nitrogen and oxygen atoms in total. The molecule has 0 aromatic heterocycles. The molecule has 1 unspecified atom stereocenters. The van der Waals surface area contributed by atoms with E-state index in [4.69, 9.17) is 4.74 Å². The third-order valence-corrected chi connectivity index (χ3v) is 4.67. The van der Waals surface area contributed by atoms with E-state index in [-0.39, 0.29) is 28.5 Å². The Morgan fingerprint density at radius 3 is 2.50 bits per heavy atom. The van der Waals surface area contributed by atoms with Gasteiger partial charge in [-0.15, -0.1) is 0 Å². The highest BCUT2D eigenvalue weighted by Crippen LogP contribution is 2.24. The fourth-order valence-electron chi connectivity index (χ4n) is 2.99. The molecule has 3 atom stereocenters. The summed E-state index contributed by atoms with van der Waals surface area (Å²) >= 11 is 1.30. The van der Waals surface area contributed by atoms with E-state index in [1.165, 1.54) is 11.8 Å². The Labute approximate surface area is 125 Å². The number of hydrogen-bond donors (Lipinski definition) is 0. The van der Waals surface area contributed by atoms with Gasteiger partial charge in [0.25, 0.3) is 0 Å². The summed E-state index contributed by atoms with van der Waals surface area (Å²) in [6.45, 7) is 9.95. The van der Waals surface area contributed by atoms with Gasteiger partial charge in [-0.2, -0.15) is 0 Å². The molecular weight excluding hydrogens is 276 g/mol. The minimum Gasteiger partial charge on any atom is -0.373 e. The summed E-state index contributed by atoms with van der Waals surface area (Å²) in [5, 5.41) is 0.239. The number of rotatable bonds is 4. The van der Waals surface area contributed by atoms with Crippen LogP contribution in [0.15, 0.2) is 0 Å². The van der Waals surface area contributed by atoms with Crippen molar-refractivity contribution in [2.75, 3.05) is 32.7 Å². The molecule has 114 valence electrons. The molecule has 6 heteroatoms. The van der Waals surface area contributed by atoms with Crippen molar-refractivity contribution in [1.82, 2.24) is 9.80 Å². The van der Waals surface area contributed by atoms with E-state index in [1.807, 2.05) is 4.90 Å². The molecule has 2 rings (SSSR count). The van der Waals surface area contributed by atoms with Crippen molar-refractivity contribution in [1.29, 1.82) is 0 Å². The number of morpholine rings is 1. The molecule has 0 bridgehead atoms. The molecule has 0 spiro atoms. The first-order valence-corrected chi connectivity index (χ1v) is 8.15. The minimum atomic E-state index is 0.0977. The first-order valence-electron chi connectivity index (χ1n) is 7.27. The first-order chi connectivity index (χ1) is 9.44. The van der Waals surface area contributed by atoms with Crippen LogP contribution in [-0.4, -0.2) is 71.0 Å². The zero-order valence-electron chi connectivity index (χ0n) is 12.5. The molecule has 2 aliphatic rings. The molecule has 0 aliphatic carbocycles. The molecule has 0 aromatic rings. The van der Waals surface area contributed by atoms with Crippen LogP contribution in [0, 0.1) is 0 Å². The first kappa shape index (κ1) is 15.8. The number of ether oxygens (including phenoxy) is 1. The van der Waals surface area contributed by atoms with Gasteiger partial charge >= 0.3 is 0 Å². The van der Waals surface area contributed by atoms with Gasteiger partial charge in [0.1, 0.15) is 0 Å². The summed E-state index contributed by atoms with van der Waals surface area (Å²) < 4.78 is 5.71. The second kappa shape index (κ2) is 6.91. The molecule has 2 saturated heterocycles. The molecule has 0 aromatic carbocycles. The van der Waals surface area contributed by atoms with Gasteiger partial charge in [-0.25, -0.2) is 0 Å². The van der Waals surface area contributed by atoms with Crippen LogP contribution in [0.5, 0.6) is 0 Å². The lowest BCUT2D eigenvalue weighted by molar-refractivity contribution is -0.128. The van der Waals surface area contributed by atoms with Crippen LogP contribution in [0.4, 0.5) is 0 Å². The summed E-state index contributed by atoms with van der Waals surface area (Å²) in [6.07, 6.45) is 1.02. The van der Waals surface area contributed by atoms with E-state index in [9.17, 15) is 9.59 Å². The number of carbonyl (C=O) groups is 2. The number of amides is 1. The molecule has 2 heterocycles. The second-order valence-electron chi connectivity index (χ2n) is 5.79. The number of nitrogens with zero attached hydrogens (tertiary/aromatic N) is 2. The zero-order valence-corrected chi connectivity index (χ0v) is 13.3. The van der Waals surface area contributed by atoms with Crippen LogP contribution < -0.4 is 0 Å². The van der Waals surface area contributed by atoms with Gasteiger partial charge in [-0.3, -0.25) is 14.5 Å². The van der Waals surface area contributed by atoms with Gasteiger partial charge in [-0.05, 0) is 13.8 Å². The van der Waals surface area contributed by atoms with Gasteiger partial charge in [0.15, 0.2) is 5.12 Å². The van der Waals surface area contributed by atoms with Crippen molar-refractivity contribution in [3.8, 4) is 0 Å². The number of hydrogen-bond acceptors (Lipinski definition) is 5. The van der Waals surface area contributed by atoms with Crippen molar-refractivity contribution in [2.24, 2.45) is 0 Å². The molecule has 1 amide bonds. The van der Waals surface area contributed by atoms with Crippen LogP contribution in [-0.2, 0) is 14.3 Å². The largest absolute Gasteiger partial charge is 0.373 e. The van der Waals surface area contributed by atoms with Crippen LogP contribution >= 0.6 is 11.8 Å². The third-order valence-electron chi connectivity index (χ3n) is 3.69. The quantitative estimate of drug-likeness (QED) is 0.774. The second-order valence-corrected chi connectivity index (χ2v) is 7.27. The Balaban J connectivity index is 1.76. The average Bonchev–Trinajstić information content (AvgIpc) is 2.64.